The van der Waals surface area contributed by atoms with Crippen LogP contribution in [-0.4, -0.2) is 36.5 Å². The summed E-state index contributed by atoms with van der Waals surface area (Å²) in [5.74, 6) is 5.31. The summed E-state index contributed by atoms with van der Waals surface area (Å²) in [5.41, 5.74) is 2.21. The minimum absolute atomic E-state index is 0.220. The molecular formula is C10H13F3N4O2S. The Bertz CT molecular complexity index is 569. The summed E-state index contributed by atoms with van der Waals surface area (Å²) >= 11 is 0. The molecule has 1 saturated carbocycles. The number of nitrogens with zero attached hydrogens (tertiary/aromatic N) is 2. The number of nitrogen functional groups attached to an aromatic ring is 1. The van der Waals surface area contributed by atoms with Gasteiger partial charge in [0.25, 0.3) is 0 Å². The van der Waals surface area contributed by atoms with E-state index in [2.05, 4.69) is 10.4 Å². The Morgan fingerprint density at radius 2 is 2.05 bits per heavy atom. The van der Waals surface area contributed by atoms with Crippen LogP contribution < -0.4 is 11.3 Å². The summed E-state index contributed by atoms with van der Waals surface area (Å²) in [5, 5.41) is 0. The van der Waals surface area contributed by atoms with Gasteiger partial charge in [0.2, 0.25) is 10.0 Å². The third-order valence-electron chi connectivity index (χ3n) is 2.78. The first-order valence-corrected chi connectivity index (χ1v) is 7.19. The van der Waals surface area contributed by atoms with E-state index >= 15 is 0 Å². The van der Waals surface area contributed by atoms with Gasteiger partial charge in [-0.2, -0.15) is 17.5 Å². The Morgan fingerprint density at radius 3 is 2.45 bits per heavy atom. The monoisotopic (exact) mass is 310 g/mol. The number of halogens is 3. The Morgan fingerprint density at radius 1 is 1.40 bits per heavy atom. The summed E-state index contributed by atoms with van der Waals surface area (Å²) in [6.07, 6.45) is -2.73. The fourth-order valence-electron chi connectivity index (χ4n) is 1.70. The number of hydrazine groups is 1. The lowest BCUT2D eigenvalue weighted by Crippen LogP contribution is -2.40. The zero-order valence-electron chi connectivity index (χ0n) is 10.3. The molecule has 0 unspecified atom stereocenters. The first kappa shape index (κ1) is 15.0. The predicted molar refractivity (Wildman–Crippen MR) is 65.0 cm³/mol. The Hall–Kier alpha value is -1.39. The minimum atomic E-state index is -4.58. The highest BCUT2D eigenvalue weighted by atomic mass is 32.2. The molecule has 10 heteroatoms. The standard InChI is InChI=1S/C10H13F3N4O2S/c11-10(12,13)6-17(7-1-2-7)20(18,19)8-3-4-9(16-14)15-5-8/h3-5,7H,1-2,6,14H2,(H,15,16). The zero-order chi connectivity index (χ0) is 15.0. The third-order valence-corrected chi connectivity index (χ3v) is 4.66. The van der Waals surface area contributed by atoms with E-state index in [1.807, 2.05) is 0 Å². The number of anilines is 1. The third kappa shape index (κ3) is 3.38. The van der Waals surface area contributed by atoms with Crippen LogP contribution in [0, 0.1) is 0 Å². The van der Waals surface area contributed by atoms with E-state index in [0.717, 1.165) is 6.20 Å². The van der Waals surface area contributed by atoms with Crippen LogP contribution in [0.5, 0.6) is 0 Å². The smallest absolute Gasteiger partial charge is 0.308 e. The first-order chi connectivity index (χ1) is 9.24. The van der Waals surface area contributed by atoms with Crippen molar-refractivity contribution in [2.45, 2.75) is 30.0 Å². The molecule has 3 N–H and O–H groups in total. The van der Waals surface area contributed by atoms with Gasteiger partial charge < -0.3 is 5.43 Å². The number of hydrogen-bond acceptors (Lipinski definition) is 5. The van der Waals surface area contributed by atoms with Gasteiger partial charge in [-0.15, -0.1) is 0 Å². The number of aromatic nitrogens is 1. The molecule has 0 aliphatic heterocycles. The fraction of sp³-hybridized carbons (Fsp3) is 0.500. The van der Waals surface area contributed by atoms with Crippen LogP contribution >= 0.6 is 0 Å². The van der Waals surface area contributed by atoms with Crippen LogP contribution in [0.15, 0.2) is 23.2 Å². The molecule has 1 aromatic rings. The lowest BCUT2D eigenvalue weighted by atomic mass is 10.5. The molecule has 6 nitrogen and oxygen atoms in total. The molecule has 0 radical (unpaired) electrons. The number of hydrogen-bond donors (Lipinski definition) is 2. The average molecular weight is 310 g/mol. The van der Waals surface area contributed by atoms with Gasteiger partial charge in [0.1, 0.15) is 17.3 Å². The fourth-order valence-corrected chi connectivity index (χ4v) is 3.32. The summed E-state index contributed by atoms with van der Waals surface area (Å²) in [4.78, 5) is 3.41. The van der Waals surface area contributed by atoms with E-state index < -0.39 is 28.8 Å². The highest BCUT2D eigenvalue weighted by Gasteiger charge is 2.44. The van der Waals surface area contributed by atoms with E-state index in [1.165, 1.54) is 12.1 Å². The second-order valence-electron chi connectivity index (χ2n) is 4.42. The topological polar surface area (TPSA) is 88.3 Å². The van der Waals surface area contributed by atoms with Gasteiger partial charge >= 0.3 is 6.18 Å². The number of sulfonamides is 1. The maximum atomic E-state index is 12.5. The van der Waals surface area contributed by atoms with Gasteiger partial charge in [-0.1, -0.05) is 0 Å². The maximum absolute atomic E-state index is 12.5. The van der Waals surface area contributed by atoms with E-state index in [9.17, 15) is 21.6 Å². The molecule has 0 aromatic carbocycles. The van der Waals surface area contributed by atoms with Crippen molar-refractivity contribution in [3.8, 4) is 0 Å². The summed E-state index contributed by atoms with van der Waals surface area (Å²) in [6.45, 7) is -1.49. The molecule has 0 saturated heterocycles. The Kier molecular flexibility index (Phi) is 3.89. The van der Waals surface area contributed by atoms with Gasteiger partial charge in [0, 0.05) is 12.2 Å². The Labute approximate surface area is 113 Å². The summed E-state index contributed by atoms with van der Waals surface area (Å²) < 4.78 is 62.5. The van der Waals surface area contributed by atoms with Gasteiger partial charge in [0.05, 0.1) is 0 Å². The van der Waals surface area contributed by atoms with Crippen molar-refractivity contribution in [1.82, 2.24) is 9.29 Å². The quantitative estimate of drug-likeness (QED) is 0.627. The number of nitrogens with one attached hydrogen (secondary N) is 1. The van der Waals surface area contributed by atoms with Gasteiger partial charge in [-0.05, 0) is 25.0 Å². The largest absolute Gasteiger partial charge is 0.402 e. The van der Waals surface area contributed by atoms with E-state index in [4.69, 9.17) is 5.84 Å². The van der Waals surface area contributed by atoms with Crippen LogP contribution in [-0.2, 0) is 10.0 Å². The number of rotatable bonds is 5. The molecule has 1 aromatic heterocycles. The van der Waals surface area contributed by atoms with Crippen LogP contribution in [0.2, 0.25) is 0 Å². The second kappa shape index (κ2) is 5.19. The van der Waals surface area contributed by atoms with E-state index in [0.29, 0.717) is 17.1 Å². The second-order valence-corrected chi connectivity index (χ2v) is 6.31. The van der Waals surface area contributed by atoms with Crippen LogP contribution in [0.1, 0.15) is 12.8 Å². The average Bonchev–Trinajstić information content (AvgIpc) is 3.19. The van der Waals surface area contributed by atoms with Crippen molar-refractivity contribution >= 4 is 15.8 Å². The van der Waals surface area contributed by atoms with Crippen LogP contribution in [0.4, 0.5) is 19.0 Å². The van der Waals surface area contributed by atoms with E-state index in [-0.39, 0.29) is 10.7 Å². The van der Waals surface area contributed by atoms with Crippen molar-refractivity contribution < 1.29 is 21.6 Å². The molecule has 1 aliphatic carbocycles. The first-order valence-electron chi connectivity index (χ1n) is 5.75. The predicted octanol–water partition coefficient (Wildman–Crippen LogP) is 1.08. The molecule has 20 heavy (non-hydrogen) atoms. The molecule has 0 atom stereocenters. The SMILES string of the molecule is NNc1ccc(S(=O)(=O)N(CC(F)(F)F)C2CC2)cn1. The molecule has 1 aliphatic rings. The van der Waals surface area contributed by atoms with Gasteiger partial charge in [-0.25, -0.2) is 19.2 Å². The molecular weight excluding hydrogens is 297 g/mol. The van der Waals surface area contributed by atoms with Crippen LogP contribution in [0.25, 0.3) is 0 Å². The molecule has 1 heterocycles. The Balaban J connectivity index is 2.29. The molecule has 1 fully saturated rings. The van der Waals surface area contributed by atoms with Crippen molar-refractivity contribution in [1.29, 1.82) is 0 Å². The normalized spacial score (nSPS) is 16.4. The highest BCUT2D eigenvalue weighted by Crippen LogP contribution is 2.34. The lowest BCUT2D eigenvalue weighted by Gasteiger charge is -2.23. The number of pyridine rings is 1. The van der Waals surface area contributed by atoms with Crippen molar-refractivity contribution in [2.75, 3.05) is 12.0 Å². The minimum Gasteiger partial charge on any atom is -0.308 e. The molecule has 0 bridgehead atoms. The van der Waals surface area contributed by atoms with Gasteiger partial charge in [-0.3, -0.25) is 0 Å². The summed E-state index contributed by atoms with van der Waals surface area (Å²) in [6, 6.07) is 1.86. The van der Waals surface area contributed by atoms with Crippen molar-refractivity contribution in [2.24, 2.45) is 5.84 Å². The molecule has 112 valence electrons. The maximum Gasteiger partial charge on any atom is 0.402 e. The van der Waals surface area contributed by atoms with Crippen LogP contribution in [0.3, 0.4) is 0 Å². The molecule has 2 rings (SSSR count). The number of nitrogens with two attached hydrogens (primary N) is 1. The number of alkyl halides is 3. The highest BCUT2D eigenvalue weighted by molar-refractivity contribution is 7.89. The van der Waals surface area contributed by atoms with Gasteiger partial charge in [0.15, 0.2) is 0 Å². The van der Waals surface area contributed by atoms with E-state index in [1.54, 1.807) is 0 Å². The summed E-state index contributed by atoms with van der Waals surface area (Å²) in [7, 11) is -4.21. The lowest BCUT2D eigenvalue weighted by molar-refractivity contribution is -0.137. The zero-order valence-corrected chi connectivity index (χ0v) is 11.1. The molecule has 0 amide bonds. The van der Waals surface area contributed by atoms with Crippen molar-refractivity contribution in [3.05, 3.63) is 18.3 Å². The molecule has 0 spiro atoms. The van der Waals surface area contributed by atoms with Crippen molar-refractivity contribution in [3.63, 3.8) is 0 Å².